The molecule has 0 fully saturated rings. The molecule has 0 aromatic heterocycles. The van der Waals surface area contributed by atoms with Gasteiger partial charge >= 0.3 is 0 Å². The molecule has 4 nitrogen and oxygen atoms in total. The minimum absolute atomic E-state index is 0.148. The average Bonchev–Trinajstić information content (AvgIpc) is 2.92. The molecule has 106 valence electrons. The number of halogens is 1. The smallest absolute Gasteiger partial charge is 0.131 e. The van der Waals surface area contributed by atoms with Crippen molar-refractivity contribution in [2.24, 2.45) is 10.9 Å². The first-order valence-electron chi connectivity index (χ1n) is 6.90. The Bertz CT molecular complexity index is 492. The van der Waals surface area contributed by atoms with E-state index in [1.165, 1.54) is 0 Å². The van der Waals surface area contributed by atoms with Gasteiger partial charge in [-0.2, -0.15) is 5.26 Å². The van der Waals surface area contributed by atoms with E-state index in [0.717, 1.165) is 36.5 Å². The van der Waals surface area contributed by atoms with Gasteiger partial charge in [0.2, 0.25) is 0 Å². The lowest BCUT2D eigenvalue weighted by Crippen LogP contribution is -2.38. The van der Waals surface area contributed by atoms with Gasteiger partial charge in [-0.1, -0.05) is 18.0 Å². The molecule has 1 unspecified atom stereocenters. The fraction of sp³-hybridized carbons (Fsp3) is 0.467. The number of benzene rings is 1. The van der Waals surface area contributed by atoms with Gasteiger partial charge in [-0.3, -0.25) is 15.0 Å². The van der Waals surface area contributed by atoms with Crippen molar-refractivity contribution in [3.05, 3.63) is 29.3 Å². The predicted molar refractivity (Wildman–Crippen MR) is 82.6 cm³/mol. The zero-order valence-corrected chi connectivity index (χ0v) is 12.4. The Labute approximate surface area is 125 Å². The van der Waals surface area contributed by atoms with Gasteiger partial charge < -0.3 is 0 Å². The van der Waals surface area contributed by atoms with Crippen LogP contribution in [0.3, 0.4) is 0 Å². The van der Waals surface area contributed by atoms with E-state index in [-0.39, 0.29) is 5.92 Å². The molecular weight excluding hydrogens is 272 g/mol. The molecule has 0 N–H and O–H groups in total. The summed E-state index contributed by atoms with van der Waals surface area (Å²) in [4.78, 5) is 4.32. The van der Waals surface area contributed by atoms with Crippen LogP contribution in [0.5, 0.6) is 0 Å². The number of hydrogen-bond donors (Lipinski definition) is 0. The highest BCUT2D eigenvalue weighted by Gasteiger charge is 2.17. The summed E-state index contributed by atoms with van der Waals surface area (Å²) in [6.45, 7) is 3.54. The Morgan fingerprint density at radius 1 is 1.35 bits per heavy atom. The van der Waals surface area contributed by atoms with Crippen molar-refractivity contribution in [3.63, 3.8) is 0 Å². The molecule has 0 spiro atoms. The van der Waals surface area contributed by atoms with Gasteiger partial charge in [0.05, 0.1) is 11.8 Å². The molecule has 0 radical (unpaired) electrons. The molecule has 1 atom stereocenters. The lowest BCUT2D eigenvalue weighted by molar-refractivity contribution is 0.401. The van der Waals surface area contributed by atoms with E-state index >= 15 is 0 Å². The first-order valence-corrected chi connectivity index (χ1v) is 7.27. The van der Waals surface area contributed by atoms with Crippen molar-refractivity contribution in [2.45, 2.75) is 26.2 Å². The Morgan fingerprint density at radius 2 is 2.10 bits per heavy atom. The van der Waals surface area contributed by atoms with Gasteiger partial charge in [0.15, 0.2) is 0 Å². The van der Waals surface area contributed by atoms with Crippen LogP contribution in [0.25, 0.3) is 0 Å². The summed E-state index contributed by atoms with van der Waals surface area (Å²) in [6.07, 6.45) is 4.96. The number of hydrogen-bond acceptors (Lipinski definition) is 4. The maximum Gasteiger partial charge on any atom is 0.131 e. The fourth-order valence-electron chi connectivity index (χ4n) is 2.16. The quantitative estimate of drug-likeness (QED) is 0.750. The van der Waals surface area contributed by atoms with Crippen molar-refractivity contribution >= 4 is 23.6 Å². The first kappa shape index (κ1) is 14.7. The van der Waals surface area contributed by atoms with Crippen LogP contribution in [0.1, 0.15) is 26.2 Å². The zero-order chi connectivity index (χ0) is 14.4. The van der Waals surface area contributed by atoms with E-state index < -0.39 is 0 Å². The number of nitrogens with zero attached hydrogens (tertiary/aromatic N) is 4. The topological polar surface area (TPSA) is 42.6 Å². The maximum absolute atomic E-state index is 8.76. The third-order valence-electron chi connectivity index (χ3n) is 3.36. The van der Waals surface area contributed by atoms with Crippen LogP contribution in [-0.4, -0.2) is 24.6 Å². The number of nitriles is 1. The minimum Gasteiger partial charge on any atom is -0.273 e. The van der Waals surface area contributed by atoms with Crippen molar-refractivity contribution in [1.82, 2.24) is 5.01 Å². The van der Waals surface area contributed by atoms with Gasteiger partial charge in [0, 0.05) is 17.5 Å². The van der Waals surface area contributed by atoms with Crippen molar-refractivity contribution in [1.29, 1.82) is 5.26 Å². The number of anilines is 1. The van der Waals surface area contributed by atoms with Crippen molar-refractivity contribution in [2.75, 3.05) is 18.2 Å². The number of aliphatic imine (C=N–C) groups is 1. The van der Waals surface area contributed by atoms with E-state index in [9.17, 15) is 0 Å². The van der Waals surface area contributed by atoms with E-state index in [4.69, 9.17) is 16.9 Å². The summed E-state index contributed by atoms with van der Waals surface area (Å²) in [5.41, 5.74) is 1.09. The highest BCUT2D eigenvalue weighted by molar-refractivity contribution is 6.30. The lowest BCUT2D eigenvalue weighted by atomic mass is 10.1. The molecule has 0 saturated heterocycles. The summed E-state index contributed by atoms with van der Waals surface area (Å²) in [5, 5.41) is 13.8. The fourth-order valence-corrected chi connectivity index (χ4v) is 2.29. The molecular formula is C15H19ClN4. The highest BCUT2D eigenvalue weighted by Crippen LogP contribution is 2.21. The first-order chi connectivity index (χ1) is 9.70. The summed E-state index contributed by atoms with van der Waals surface area (Å²) >= 11 is 5.91. The lowest BCUT2D eigenvalue weighted by Gasteiger charge is -2.29. The SMILES string of the molecule is CC(C#N)CCCCN1C=NCN1c1ccc(Cl)cc1. The second-order valence-electron chi connectivity index (χ2n) is 5.00. The largest absolute Gasteiger partial charge is 0.273 e. The third kappa shape index (κ3) is 3.88. The van der Waals surface area contributed by atoms with E-state index in [2.05, 4.69) is 21.1 Å². The van der Waals surface area contributed by atoms with Crippen LogP contribution in [-0.2, 0) is 0 Å². The molecule has 2 rings (SSSR count). The molecule has 0 amide bonds. The minimum atomic E-state index is 0.148. The van der Waals surface area contributed by atoms with Crippen molar-refractivity contribution in [3.8, 4) is 6.07 Å². The van der Waals surface area contributed by atoms with Crippen LogP contribution in [0.2, 0.25) is 5.02 Å². The van der Waals surface area contributed by atoms with Crippen LogP contribution in [0.15, 0.2) is 29.3 Å². The summed E-state index contributed by atoms with van der Waals surface area (Å²) in [6, 6.07) is 10.1. The van der Waals surface area contributed by atoms with Gasteiger partial charge in [0.1, 0.15) is 13.0 Å². The standard InChI is InChI=1S/C15H19ClN4/c1-13(10-17)4-2-3-9-19-11-18-12-20(19)15-7-5-14(16)6-8-15/h5-8,11,13H,2-4,9,12H2,1H3. The van der Waals surface area contributed by atoms with Crippen LogP contribution < -0.4 is 5.01 Å². The molecule has 0 saturated carbocycles. The van der Waals surface area contributed by atoms with Gasteiger partial charge in [-0.25, -0.2) is 0 Å². The Balaban J connectivity index is 1.83. The number of hydrazine groups is 1. The normalized spacial score (nSPS) is 15.4. The summed E-state index contributed by atoms with van der Waals surface area (Å²) < 4.78 is 0. The van der Waals surface area contributed by atoms with E-state index in [1.807, 2.05) is 37.5 Å². The molecule has 20 heavy (non-hydrogen) atoms. The molecule has 1 aliphatic rings. The monoisotopic (exact) mass is 290 g/mol. The Morgan fingerprint density at radius 3 is 2.80 bits per heavy atom. The van der Waals surface area contributed by atoms with Gasteiger partial charge in [-0.15, -0.1) is 0 Å². The van der Waals surface area contributed by atoms with Crippen LogP contribution in [0.4, 0.5) is 5.69 Å². The molecule has 1 aromatic rings. The Hall–Kier alpha value is -1.73. The molecule has 0 aliphatic carbocycles. The zero-order valence-electron chi connectivity index (χ0n) is 11.7. The number of rotatable bonds is 6. The summed E-state index contributed by atoms with van der Waals surface area (Å²) in [5.74, 6) is 0.148. The van der Waals surface area contributed by atoms with E-state index in [1.54, 1.807) is 0 Å². The van der Waals surface area contributed by atoms with Crippen LogP contribution >= 0.6 is 11.6 Å². The Kier molecular flexibility index (Phi) is 5.25. The molecule has 1 aliphatic heterocycles. The average molecular weight is 291 g/mol. The highest BCUT2D eigenvalue weighted by atomic mass is 35.5. The summed E-state index contributed by atoms with van der Waals surface area (Å²) in [7, 11) is 0. The maximum atomic E-state index is 8.76. The van der Waals surface area contributed by atoms with Crippen LogP contribution in [0, 0.1) is 17.2 Å². The molecule has 1 aromatic carbocycles. The van der Waals surface area contributed by atoms with Gasteiger partial charge in [-0.05, 0) is 44.0 Å². The number of unbranched alkanes of at least 4 members (excludes halogenated alkanes) is 1. The molecule has 5 heteroatoms. The second-order valence-corrected chi connectivity index (χ2v) is 5.44. The van der Waals surface area contributed by atoms with Gasteiger partial charge in [0.25, 0.3) is 0 Å². The van der Waals surface area contributed by atoms with E-state index in [0.29, 0.717) is 6.67 Å². The molecule has 0 bridgehead atoms. The second kappa shape index (κ2) is 7.16. The van der Waals surface area contributed by atoms with Crippen molar-refractivity contribution < 1.29 is 0 Å². The predicted octanol–water partition coefficient (Wildman–Crippen LogP) is 3.69. The third-order valence-corrected chi connectivity index (χ3v) is 3.61. The molecule has 1 heterocycles.